The van der Waals surface area contributed by atoms with E-state index in [9.17, 15) is 0 Å². The molecule has 2 aliphatic carbocycles. The van der Waals surface area contributed by atoms with Crippen molar-refractivity contribution in [2.75, 3.05) is 18.0 Å². The van der Waals surface area contributed by atoms with E-state index in [0.717, 1.165) is 77.6 Å². The molecule has 7 rings (SSSR count). The Morgan fingerprint density at radius 1 is 1.14 bits per heavy atom. The molecule has 3 aliphatic rings. The summed E-state index contributed by atoms with van der Waals surface area (Å²) in [6.07, 6.45) is 9.43. The van der Waals surface area contributed by atoms with Gasteiger partial charge in [0.15, 0.2) is 10.8 Å². The number of nitrogens with zero attached hydrogens (tertiary/aromatic N) is 5. The molecular formula is C27H21Cl2N5OS. The second-order valence-electron chi connectivity index (χ2n) is 9.99. The predicted octanol–water partition coefficient (Wildman–Crippen LogP) is 7.48. The lowest BCUT2D eigenvalue weighted by atomic mass is 9.63. The second-order valence-corrected chi connectivity index (χ2v) is 11.8. The minimum atomic E-state index is 0.189. The lowest BCUT2D eigenvalue weighted by molar-refractivity contribution is 0.277. The molecule has 1 aromatic carbocycles. The van der Waals surface area contributed by atoms with Crippen molar-refractivity contribution in [2.24, 2.45) is 5.41 Å². The number of nitriles is 1. The Morgan fingerprint density at radius 2 is 1.89 bits per heavy atom. The molecule has 0 radical (unpaired) electrons. The number of hydrogen-bond donors (Lipinski definition) is 0. The molecular weight excluding hydrogens is 513 g/mol. The highest BCUT2D eigenvalue weighted by molar-refractivity contribution is 7.22. The number of hydrogen-bond acceptors (Lipinski definition) is 7. The van der Waals surface area contributed by atoms with E-state index in [1.807, 2.05) is 24.3 Å². The van der Waals surface area contributed by atoms with Crippen molar-refractivity contribution in [3.8, 4) is 17.3 Å². The molecule has 0 N–H and O–H groups in total. The third-order valence-electron chi connectivity index (χ3n) is 7.60. The molecule has 0 amide bonds. The largest absolute Gasteiger partial charge is 0.360 e. The number of halogens is 2. The predicted molar refractivity (Wildman–Crippen MR) is 143 cm³/mol. The van der Waals surface area contributed by atoms with Crippen LogP contribution in [0.2, 0.25) is 10.0 Å². The van der Waals surface area contributed by atoms with E-state index < -0.39 is 0 Å². The van der Waals surface area contributed by atoms with Crippen molar-refractivity contribution in [3.63, 3.8) is 0 Å². The summed E-state index contributed by atoms with van der Waals surface area (Å²) < 4.78 is 6.85. The zero-order chi connectivity index (χ0) is 24.4. The average molecular weight is 534 g/mol. The molecule has 180 valence electrons. The van der Waals surface area contributed by atoms with Crippen LogP contribution >= 0.6 is 34.5 Å². The van der Waals surface area contributed by atoms with E-state index >= 15 is 0 Å². The van der Waals surface area contributed by atoms with Gasteiger partial charge in [0.25, 0.3) is 0 Å². The van der Waals surface area contributed by atoms with Gasteiger partial charge in [0, 0.05) is 36.3 Å². The number of aromatic nitrogens is 3. The quantitative estimate of drug-likeness (QED) is 0.270. The number of pyridine rings is 1. The highest BCUT2D eigenvalue weighted by Crippen LogP contribution is 2.56. The van der Waals surface area contributed by atoms with Crippen molar-refractivity contribution in [3.05, 3.63) is 63.5 Å². The SMILES string of the molecule is N#Cc1cnc2nc(N3CCC4(C=C(c5c(-c6c(Cl)cccc6Cl)noc5C5CC5)C4)CC3)sc2c1. The molecule has 0 unspecified atom stereocenters. The highest BCUT2D eigenvalue weighted by atomic mass is 35.5. The molecule has 1 saturated heterocycles. The minimum absolute atomic E-state index is 0.189. The first-order valence-corrected chi connectivity index (χ1v) is 13.7. The van der Waals surface area contributed by atoms with Crippen LogP contribution in [0.1, 0.15) is 54.9 Å². The van der Waals surface area contributed by atoms with Crippen LogP contribution in [0.4, 0.5) is 5.13 Å². The van der Waals surface area contributed by atoms with Gasteiger partial charge in [-0.25, -0.2) is 4.98 Å². The summed E-state index contributed by atoms with van der Waals surface area (Å²) in [7, 11) is 0. The van der Waals surface area contributed by atoms with Crippen LogP contribution in [-0.2, 0) is 0 Å². The van der Waals surface area contributed by atoms with Gasteiger partial charge < -0.3 is 9.42 Å². The average Bonchev–Trinajstić information content (AvgIpc) is 3.48. The maximum Gasteiger partial charge on any atom is 0.188 e. The van der Waals surface area contributed by atoms with E-state index in [4.69, 9.17) is 38.0 Å². The lowest BCUT2D eigenvalue weighted by Crippen LogP contribution is -2.42. The Bertz CT molecular complexity index is 1570. The Morgan fingerprint density at radius 3 is 2.58 bits per heavy atom. The molecule has 2 fully saturated rings. The normalized spacial score (nSPS) is 18.8. The zero-order valence-electron chi connectivity index (χ0n) is 19.3. The van der Waals surface area contributed by atoms with Gasteiger partial charge in [-0.15, -0.1) is 0 Å². The molecule has 6 nitrogen and oxygen atoms in total. The molecule has 1 saturated carbocycles. The van der Waals surface area contributed by atoms with Gasteiger partial charge in [0.1, 0.15) is 17.5 Å². The third-order valence-corrected chi connectivity index (χ3v) is 9.29. The van der Waals surface area contributed by atoms with E-state index in [0.29, 0.717) is 27.2 Å². The summed E-state index contributed by atoms with van der Waals surface area (Å²) >= 11 is 14.7. The highest BCUT2D eigenvalue weighted by Gasteiger charge is 2.44. The monoisotopic (exact) mass is 533 g/mol. The maximum atomic E-state index is 9.15. The van der Waals surface area contributed by atoms with Crippen LogP contribution in [0.25, 0.3) is 27.2 Å². The molecule has 4 aromatic rings. The van der Waals surface area contributed by atoms with Crippen molar-refractivity contribution < 1.29 is 4.52 Å². The summed E-state index contributed by atoms with van der Waals surface area (Å²) in [6.45, 7) is 1.88. The molecule has 1 aliphatic heterocycles. The Hall–Kier alpha value is -2.92. The van der Waals surface area contributed by atoms with Crippen molar-refractivity contribution in [1.82, 2.24) is 15.1 Å². The molecule has 9 heteroatoms. The smallest absolute Gasteiger partial charge is 0.188 e. The lowest BCUT2D eigenvalue weighted by Gasteiger charge is -2.46. The minimum Gasteiger partial charge on any atom is -0.360 e. The van der Waals surface area contributed by atoms with E-state index in [1.54, 1.807) is 17.5 Å². The van der Waals surface area contributed by atoms with Crippen LogP contribution in [0.5, 0.6) is 0 Å². The summed E-state index contributed by atoms with van der Waals surface area (Å²) in [6, 6.07) is 9.58. The number of benzene rings is 1. The Labute approximate surface area is 222 Å². The van der Waals surface area contributed by atoms with Gasteiger partial charge in [-0.2, -0.15) is 10.2 Å². The molecule has 0 atom stereocenters. The molecule has 3 aromatic heterocycles. The first-order valence-electron chi connectivity index (χ1n) is 12.1. The van der Waals surface area contributed by atoms with Crippen molar-refractivity contribution in [1.29, 1.82) is 5.26 Å². The van der Waals surface area contributed by atoms with Gasteiger partial charge in [0.05, 0.1) is 20.3 Å². The number of piperidine rings is 1. The maximum absolute atomic E-state index is 9.15. The van der Waals surface area contributed by atoms with Crippen LogP contribution in [0.3, 0.4) is 0 Å². The van der Waals surface area contributed by atoms with E-state index in [-0.39, 0.29) is 5.41 Å². The number of fused-ring (bicyclic) bond motifs is 1. The summed E-state index contributed by atoms with van der Waals surface area (Å²) in [5.74, 6) is 1.43. The first kappa shape index (κ1) is 22.3. The van der Waals surface area contributed by atoms with Crippen LogP contribution in [-0.4, -0.2) is 28.2 Å². The van der Waals surface area contributed by atoms with Gasteiger partial charge in [-0.05, 0) is 61.3 Å². The Kier molecular flexibility index (Phi) is 5.14. The third kappa shape index (κ3) is 3.62. The first-order chi connectivity index (χ1) is 17.5. The zero-order valence-corrected chi connectivity index (χ0v) is 21.6. The van der Waals surface area contributed by atoms with E-state index in [1.165, 1.54) is 5.57 Å². The topological polar surface area (TPSA) is 78.8 Å². The fourth-order valence-corrected chi connectivity index (χ4v) is 7.07. The van der Waals surface area contributed by atoms with Gasteiger partial charge >= 0.3 is 0 Å². The summed E-state index contributed by atoms with van der Waals surface area (Å²) in [5, 5.41) is 15.8. The molecule has 4 heterocycles. The number of anilines is 1. The van der Waals surface area contributed by atoms with Crippen LogP contribution < -0.4 is 4.90 Å². The van der Waals surface area contributed by atoms with Crippen LogP contribution in [0.15, 0.2) is 41.1 Å². The van der Waals surface area contributed by atoms with Crippen molar-refractivity contribution in [2.45, 2.75) is 38.0 Å². The van der Waals surface area contributed by atoms with Gasteiger partial charge in [-0.1, -0.05) is 51.8 Å². The summed E-state index contributed by atoms with van der Waals surface area (Å²) in [4.78, 5) is 11.4. The fourth-order valence-electron chi connectivity index (χ4n) is 5.48. The number of thiazole rings is 1. The van der Waals surface area contributed by atoms with Gasteiger partial charge in [0.2, 0.25) is 0 Å². The number of rotatable bonds is 4. The molecule has 36 heavy (non-hydrogen) atoms. The molecule has 1 spiro atoms. The number of allylic oxidation sites excluding steroid dienone is 2. The standard InChI is InChI=1S/C27H21Cl2N5OS/c28-18-2-1-3-19(29)22(18)23-21(24(35-33-23)16-4-5-16)17-11-27(12-17)6-8-34(9-7-27)26-32-25-20(36-26)10-15(13-30)14-31-25/h1-3,10-11,14,16H,4-9,12H2. The van der Waals surface area contributed by atoms with Crippen LogP contribution in [0, 0.1) is 16.7 Å². The van der Waals surface area contributed by atoms with Crippen molar-refractivity contribution >= 4 is 55.6 Å². The summed E-state index contributed by atoms with van der Waals surface area (Å²) in [5.41, 5.74) is 5.40. The Balaban J connectivity index is 1.15. The van der Waals surface area contributed by atoms with Gasteiger partial charge in [-0.3, -0.25) is 0 Å². The fraction of sp³-hybridized carbons (Fsp3) is 0.333. The second kappa shape index (κ2) is 8.31. The van der Waals surface area contributed by atoms with E-state index in [2.05, 4.69) is 27.2 Å². The molecule has 0 bridgehead atoms.